The highest BCUT2D eigenvalue weighted by molar-refractivity contribution is 5.96. The van der Waals surface area contributed by atoms with Crippen LogP contribution in [-0.2, 0) is 0 Å². The van der Waals surface area contributed by atoms with Crippen molar-refractivity contribution in [3.8, 4) is 22.9 Å². The number of alkyl halides is 3. The number of carbonyl (C=O) groups excluding carboxylic acids is 1. The van der Waals surface area contributed by atoms with Gasteiger partial charge in [-0.25, -0.2) is 13.9 Å². The number of aromatic nitrogens is 3. The van der Waals surface area contributed by atoms with Gasteiger partial charge in [0, 0.05) is 35.8 Å². The fraction of sp³-hybridized carbons (Fsp3) is 0.269. The predicted octanol–water partition coefficient (Wildman–Crippen LogP) is 5.47. The molecule has 1 aliphatic carbocycles. The summed E-state index contributed by atoms with van der Waals surface area (Å²) in [6, 6.07) is 10.4. The number of nitrogen functional groups attached to an aromatic ring is 1. The average Bonchev–Trinajstić information content (AvgIpc) is 3.55. The maximum atomic E-state index is 13.8. The number of nitrogens with one attached hydrogen (secondary N) is 2. The molecule has 8 nitrogen and oxygen atoms in total. The van der Waals surface area contributed by atoms with Gasteiger partial charge >= 0.3 is 6.18 Å². The minimum absolute atomic E-state index is 0.00151. The number of rotatable bonds is 8. The Labute approximate surface area is 214 Å². The molecule has 198 valence electrons. The second kappa shape index (κ2) is 9.84. The van der Waals surface area contributed by atoms with Crippen LogP contribution >= 0.6 is 0 Å². The number of amides is 1. The van der Waals surface area contributed by atoms with Crippen molar-refractivity contribution in [1.82, 2.24) is 19.9 Å². The van der Waals surface area contributed by atoms with Crippen molar-refractivity contribution in [2.24, 2.45) is 0 Å². The number of ether oxygens (including phenoxy) is 1. The molecule has 0 radical (unpaired) electrons. The fourth-order valence-corrected chi connectivity index (χ4v) is 3.94. The van der Waals surface area contributed by atoms with Crippen LogP contribution in [0.1, 0.15) is 35.2 Å². The van der Waals surface area contributed by atoms with Crippen LogP contribution in [0.15, 0.2) is 48.7 Å². The Morgan fingerprint density at radius 1 is 1.18 bits per heavy atom. The fourth-order valence-electron chi connectivity index (χ4n) is 3.94. The van der Waals surface area contributed by atoms with Gasteiger partial charge in [0.05, 0.1) is 29.7 Å². The van der Waals surface area contributed by atoms with Crippen molar-refractivity contribution < 1.29 is 27.1 Å². The Balaban J connectivity index is 1.53. The second-order valence-electron chi connectivity index (χ2n) is 9.13. The van der Waals surface area contributed by atoms with E-state index in [4.69, 9.17) is 10.5 Å². The maximum absolute atomic E-state index is 13.8. The van der Waals surface area contributed by atoms with E-state index in [-0.39, 0.29) is 40.6 Å². The maximum Gasteiger partial charge on any atom is 0.390 e. The summed E-state index contributed by atoms with van der Waals surface area (Å²) in [5.74, 6) is -0.766. The normalized spacial score (nSPS) is 13.5. The number of benzene rings is 2. The molecular formula is C26H24F4N6O2. The lowest BCUT2D eigenvalue weighted by atomic mass is 10.0. The lowest BCUT2D eigenvalue weighted by molar-refractivity contribution is -0.131. The molecule has 2 aromatic carbocycles. The summed E-state index contributed by atoms with van der Waals surface area (Å²) in [5, 5.41) is 10.1. The van der Waals surface area contributed by atoms with Crippen LogP contribution in [0.2, 0.25) is 0 Å². The van der Waals surface area contributed by atoms with Crippen LogP contribution in [0.4, 0.5) is 28.9 Å². The number of carbonyl (C=O) groups is 1. The lowest BCUT2D eigenvalue weighted by Crippen LogP contribution is -2.26. The van der Waals surface area contributed by atoms with Crippen LogP contribution in [0.3, 0.4) is 0 Å². The summed E-state index contributed by atoms with van der Waals surface area (Å²) in [7, 11) is 0. The quantitative estimate of drug-likeness (QED) is 0.207. The molecule has 38 heavy (non-hydrogen) atoms. The molecule has 5 rings (SSSR count). The zero-order valence-corrected chi connectivity index (χ0v) is 20.3. The summed E-state index contributed by atoms with van der Waals surface area (Å²) in [5.41, 5.74) is 9.00. The number of imidazole rings is 1. The minimum atomic E-state index is -4.35. The van der Waals surface area contributed by atoms with Gasteiger partial charge in [-0.3, -0.25) is 4.79 Å². The number of aryl methyl sites for hydroxylation is 1. The van der Waals surface area contributed by atoms with Gasteiger partial charge in [0.1, 0.15) is 5.82 Å². The molecule has 2 aromatic heterocycles. The summed E-state index contributed by atoms with van der Waals surface area (Å²) >= 11 is 0. The molecule has 0 unspecified atom stereocenters. The number of nitrogens with zero attached hydrogens (tertiary/aromatic N) is 3. The van der Waals surface area contributed by atoms with Crippen molar-refractivity contribution in [3.05, 3.63) is 65.6 Å². The van der Waals surface area contributed by atoms with Crippen LogP contribution in [-0.4, -0.2) is 39.3 Å². The number of halogens is 4. The Morgan fingerprint density at radius 2 is 1.97 bits per heavy atom. The van der Waals surface area contributed by atoms with Crippen molar-refractivity contribution in [1.29, 1.82) is 0 Å². The number of anilines is 2. The summed E-state index contributed by atoms with van der Waals surface area (Å²) in [4.78, 5) is 16.9. The van der Waals surface area contributed by atoms with Gasteiger partial charge in [-0.15, -0.1) is 5.10 Å². The summed E-state index contributed by atoms with van der Waals surface area (Å²) in [6.07, 6.45) is -1.94. The monoisotopic (exact) mass is 528 g/mol. The predicted molar refractivity (Wildman–Crippen MR) is 134 cm³/mol. The lowest BCUT2D eigenvalue weighted by Gasteiger charge is -2.14. The highest BCUT2D eigenvalue weighted by atomic mass is 19.4. The molecule has 2 heterocycles. The van der Waals surface area contributed by atoms with E-state index in [9.17, 15) is 22.4 Å². The van der Waals surface area contributed by atoms with E-state index in [1.54, 1.807) is 12.1 Å². The van der Waals surface area contributed by atoms with Crippen LogP contribution < -0.4 is 21.1 Å². The van der Waals surface area contributed by atoms with E-state index in [1.807, 2.05) is 13.0 Å². The van der Waals surface area contributed by atoms with E-state index < -0.39 is 25.0 Å². The molecule has 0 aliphatic heterocycles. The zero-order chi connectivity index (χ0) is 27.0. The molecule has 1 aliphatic rings. The third-order valence-electron chi connectivity index (χ3n) is 6.04. The first-order chi connectivity index (χ1) is 18.1. The van der Waals surface area contributed by atoms with Crippen LogP contribution in [0, 0.1) is 12.7 Å². The van der Waals surface area contributed by atoms with Gasteiger partial charge in [-0.05, 0) is 49.6 Å². The molecule has 0 spiro atoms. The topological polar surface area (TPSA) is 107 Å². The van der Waals surface area contributed by atoms with E-state index in [2.05, 4.69) is 20.7 Å². The number of fused-ring (bicyclic) bond motifs is 1. The second-order valence-corrected chi connectivity index (χ2v) is 9.13. The zero-order valence-electron chi connectivity index (χ0n) is 20.3. The smallest absolute Gasteiger partial charge is 0.390 e. The molecule has 0 saturated heterocycles. The molecular weight excluding hydrogens is 504 g/mol. The van der Waals surface area contributed by atoms with E-state index in [0.717, 1.165) is 24.5 Å². The molecule has 0 bridgehead atoms. The molecule has 1 saturated carbocycles. The summed E-state index contributed by atoms with van der Waals surface area (Å²) in [6.45, 7) is 1.41. The Bertz CT molecular complexity index is 1510. The number of hydrogen-bond acceptors (Lipinski definition) is 6. The highest BCUT2D eigenvalue weighted by Crippen LogP contribution is 2.32. The van der Waals surface area contributed by atoms with Gasteiger partial charge in [0.25, 0.3) is 5.91 Å². The van der Waals surface area contributed by atoms with Crippen molar-refractivity contribution in [2.45, 2.75) is 38.4 Å². The molecule has 1 fully saturated rings. The first-order valence-corrected chi connectivity index (χ1v) is 11.9. The standard InChI is InChI=1S/C26H24F4N6O2/c1-14-10-15(2-6-18(14)25(37)34-17-4-5-17)21-13-33-24-20(32-9-8-26(28,29)30)12-23(35-36(21)24)38-22-11-16(27)3-7-19(22)31/h2-3,6-7,10-13,17,32H,4-5,8-9,31H2,1H3,(H,34,37). The first-order valence-electron chi connectivity index (χ1n) is 11.9. The largest absolute Gasteiger partial charge is 0.435 e. The van der Waals surface area contributed by atoms with Crippen molar-refractivity contribution >= 4 is 22.9 Å². The van der Waals surface area contributed by atoms with Gasteiger partial charge in [0.15, 0.2) is 11.4 Å². The van der Waals surface area contributed by atoms with Crippen LogP contribution in [0.5, 0.6) is 11.6 Å². The number of nitrogens with two attached hydrogens (primary N) is 1. The SMILES string of the molecule is Cc1cc(-c2cnc3c(NCCC(F)(F)F)cc(Oc4cc(F)ccc4N)nn23)ccc1C(=O)NC1CC1. The van der Waals surface area contributed by atoms with E-state index in [0.29, 0.717) is 16.8 Å². The number of hydrogen-bond donors (Lipinski definition) is 3. The van der Waals surface area contributed by atoms with Crippen molar-refractivity contribution in [3.63, 3.8) is 0 Å². The molecule has 1 amide bonds. The van der Waals surface area contributed by atoms with E-state index in [1.165, 1.54) is 28.9 Å². The third kappa shape index (κ3) is 5.63. The molecule has 4 aromatic rings. The average molecular weight is 529 g/mol. The Hall–Kier alpha value is -4.35. The van der Waals surface area contributed by atoms with Crippen molar-refractivity contribution in [2.75, 3.05) is 17.6 Å². The minimum Gasteiger partial charge on any atom is -0.435 e. The third-order valence-corrected chi connectivity index (χ3v) is 6.04. The molecule has 4 N–H and O–H groups in total. The summed E-state index contributed by atoms with van der Waals surface area (Å²) < 4.78 is 59.2. The Morgan fingerprint density at radius 3 is 2.68 bits per heavy atom. The van der Waals surface area contributed by atoms with Crippen LogP contribution in [0.25, 0.3) is 16.9 Å². The van der Waals surface area contributed by atoms with Gasteiger partial charge in [0.2, 0.25) is 5.88 Å². The molecule has 12 heteroatoms. The molecule has 0 atom stereocenters. The van der Waals surface area contributed by atoms with E-state index >= 15 is 0 Å². The van der Waals surface area contributed by atoms with Gasteiger partial charge in [-0.2, -0.15) is 13.2 Å². The van der Waals surface area contributed by atoms with Gasteiger partial charge < -0.3 is 21.1 Å². The van der Waals surface area contributed by atoms with Gasteiger partial charge in [-0.1, -0.05) is 6.07 Å². The highest BCUT2D eigenvalue weighted by Gasteiger charge is 2.27. The first kappa shape index (κ1) is 25.3. The Kier molecular flexibility index (Phi) is 6.55.